The van der Waals surface area contributed by atoms with E-state index in [2.05, 4.69) is 6.92 Å². The van der Waals surface area contributed by atoms with Gasteiger partial charge in [0.15, 0.2) is 5.60 Å². The summed E-state index contributed by atoms with van der Waals surface area (Å²) in [6.45, 7) is 4.03. The van der Waals surface area contributed by atoms with Gasteiger partial charge in [-0.25, -0.2) is 4.79 Å². The van der Waals surface area contributed by atoms with Crippen LogP contribution in [-0.4, -0.2) is 51.3 Å². The molecule has 0 fully saturated rings. The molecule has 0 amide bonds. The number of carboxylic acid groups (broad SMARTS) is 1. The molecule has 0 aliphatic rings. The predicted molar refractivity (Wildman–Crippen MR) is 30.8 cm³/mol. The molecule has 3 nitrogen and oxygen atoms in total. The molecule has 0 rings (SSSR count). The zero-order chi connectivity index (χ0) is 6.08. The summed E-state index contributed by atoms with van der Waals surface area (Å²) in [4.78, 5) is 9.71. The molecule has 2 N–H and O–H groups in total. The second kappa shape index (κ2) is 3.45. The van der Waals surface area contributed by atoms with Crippen LogP contribution in [0.15, 0.2) is 0 Å². The van der Waals surface area contributed by atoms with E-state index in [4.69, 9.17) is 10.2 Å². The van der Waals surface area contributed by atoms with Crippen LogP contribution in [0, 0.1) is 6.92 Å². The molecule has 0 aliphatic heterocycles. The molecule has 0 heterocycles. The third kappa shape index (κ3) is 4.59. The van der Waals surface area contributed by atoms with Gasteiger partial charge in [-0.15, -0.1) is 0 Å². The van der Waals surface area contributed by atoms with Gasteiger partial charge in [0.05, 0.1) is 0 Å². The van der Waals surface area contributed by atoms with Crippen molar-refractivity contribution in [2.75, 3.05) is 0 Å². The molecular weight excluding hydrogens is 119 g/mol. The van der Waals surface area contributed by atoms with E-state index < -0.39 is 11.6 Å². The number of carbonyl (C=O) groups is 1. The Labute approximate surface area is 70.0 Å². The van der Waals surface area contributed by atoms with Crippen molar-refractivity contribution in [3.05, 3.63) is 6.92 Å². The molecule has 0 saturated carbocycles. The number of aliphatic hydroxyl groups is 1. The van der Waals surface area contributed by atoms with E-state index in [1.807, 2.05) is 0 Å². The van der Waals surface area contributed by atoms with Gasteiger partial charge in [0.1, 0.15) is 0 Å². The van der Waals surface area contributed by atoms with Gasteiger partial charge in [0, 0.05) is 0 Å². The van der Waals surface area contributed by atoms with E-state index in [0.29, 0.717) is 0 Å². The number of hydrogen-bond donors (Lipinski definition) is 2. The quantitative estimate of drug-likeness (QED) is 0.444. The summed E-state index contributed by atoms with van der Waals surface area (Å²) in [5.41, 5.74) is -1.83. The van der Waals surface area contributed by atoms with Crippen LogP contribution in [0.2, 0.25) is 0 Å². The predicted octanol–water partition coefficient (Wildman–Crippen LogP) is -0.992. The van der Waals surface area contributed by atoms with Crippen molar-refractivity contribution in [2.24, 2.45) is 0 Å². The van der Waals surface area contributed by atoms with E-state index in [1.165, 1.54) is 0 Å². The van der Waals surface area contributed by atoms with Crippen LogP contribution in [0.1, 0.15) is 6.92 Å². The first-order valence-corrected chi connectivity index (χ1v) is 1.75. The maximum atomic E-state index is 9.71. The van der Waals surface area contributed by atoms with Gasteiger partial charge in [0.2, 0.25) is 0 Å². The number of hydrogen-bond acceptors (Lipinski definition) is 2. The van der Waals surface area contributed by atoms with Crippen LogP contribution in [0.3, 0.4) is 0 Å². The second-order valence-electron chi connectivity index (χ2n) is 1.58. The van der Waals surface area contributed by atoms with Crippen LogP contribution in [0.25, 0.3) is 0 Å². The third-order valence-corrected chi connectivity index (χ3v) is 0.461. The second-order valence-corrected chi connectivity index (χ2v) is 1.58. The Hall–Kier alpha value is 0.430. The molecule has 0 aromatic heterocycles. The Morgan fingerprint density at radius 1 is 1.75 bits per heavy atom. The van der Waals surface area contributed by atoms with E-state index >= 15 is 0 Å². The molecular formula is C4H8NaO3. The van der Waals surface area contributed by atoms with Crippen molar-refractivity contribution in [1.29, 1.82) is 0 Å². The van der Waals surface area contributed by atoms with Crippen molar-refractivity contribution in [3.8, 4) is 0 Å². The van der Waals surface area contributed by atoms with Crippen molar-refractivity contribution in [1.82, 2.24) is 0 Å². The molecule has 1 atom stereocenters. The fraction of sp³-hybridized carbons (Fsp3) is 0.500. The Morgan fingerprint density at radius 2 is 1.88 bits per heavy atom. The molecule has 0 aromatic rings. The summed E-state index contributed by atoms with van der Waals surface area (Å²) in [5.74, 6) is -1.31. The van der Waals surface area contributed by atoms with Gasteiger partial charge < -0.3 is 10.2 Å². The van der Waals surface area contributed by atoms with Crippen LogP contribution >= 0.6 is 0 Å². The van der Waals surface area contributed by atoms with Gasteiger partial charge in [-0.1, -0.05) is 0 Å². The minimum atomic E-state index is -1.83. The molecule has 0 aromatic carbocycles. The van der Waals surface area contributed by atoms with Gasteiger partial charge in [-0.05, 0) is 13.8 Å². The fourth-order valence-corrected chi connectivity index (χ4v) is 0. The molecule has 0 saturated heterocycles. The van der Waals surface area contributed by atoms with Gasteiger partial charge in [-0.3, -0.25) is 0 Å². The Balaban J connectivity index is 0. The molecule has 1 radical (unpaired) electrons. The zero-order valence-electron chi connectivity index (χ0n) is 4.01. The maximum absolute atomic E-state index is 9.71. The van der Waals surface area contributed by atoms with E-state index in [0.717, 1.165) is 6.92 Å². The van der Waals surface area contributed by atoms with Crippen LogP contribution in [0.4, 0.5) is 0 Å². The van der Waals surface area contributed by atoms with Gasteiger partial charge >= 0.3 is 35.5 Å². The zero-order valence-corrected chi connectivity index (χ0v) is 4.01. The summed E-state index contributed by atoms with van der Waals surface area (Å²) in [6, 6.07) is 0. The summed E-state index contributed by atoms with van der Waals surface area (Å²) in [5, 5.41) is 16.3. The first-order chi connectivity index (χ1) is 2.94. The summed E-state index contributed by atoms with van der Waals surface area (Å²) in [7, 11) is 0. The fourth-order valence-electron chi connectivity index (χ4n) is 0. The van der Waals surface area contributed by atoms with Crippen molar-refractivity contribution >= 4 is 35.5 Å². The van der Waals surface area contributed by atoms with E-state index in [1.54, 1.807) is 0 Å². The molecule has 0 spiro atoms. The third-order valence-electron chi connectivity index (χ3n) is 0.461. The van der Waals surface area contributed by atoms with Gasteiger partial charge in [0.25, 0.3) is 0 Å². The molecule has 4 heteroatoms. The van der Waals surface area contributed by atoms with E-state index in [-0.39, 0.29) is 29.6 Å². The first kappa shape index (κ1) is 11.3. The van der Waals surface area contributed by atoms with Gasteiger partial charge in [-0.2, -0.15) is 0 Å². The minimum absolute atomic E-state index is 0. The average Bonchev–Trinajstić information content (AvgIpc) is 1.31. The first-order valence-electron chi connectivity index (χ1n) is 1.75. The van der Waals surface area contributed by atoms with Crippen LogP contribution < -0.4 is 0 Å². The summed E-state index contributed by atoms with van der Waals surface area (Å²) in [6.07, 6.45) is 0. The number of aliphatic carboxylic acids is 1. The monoisotopic (exact) mass is 127 g/mol. The molecule has 43 valence electrons. The number of rotatable bonds is 1. The summed E-state index contributed by atoms with van der Waals surface area (Å²) >= 11 is 0. The SMILES string of the molecule is [CH2]C(C)(O)C(=O)O.[NaH]. The van der Waals surface area contributed by atoms with Crippen molar-refractivity contribution in [3.63, 3.8) is 0 Å². The topological polar surface area (TPSA) is 57.5 Å². The Bertz CT molecular complexity index is 83.8. The molecule has 0 bridgehead atoms. The molecule has 8 heavy (non-hydrogen) atoms. The number of carboxylic acids is 1. The van der Waals surface area contributed by atoms with E-state index in [9.17, 15) is 4.79 Å². The molecule has 1 unspecified atom stereocenters. The summed E-state index contributed by atoms with van der Waals surface area (Å²) < 4.78 is 0. The van der Waals surface area contributed by atoms with Crippen LogP contribution in [-0.2, 0) is 4.79 Å². The van der Waals surface area contributed by atoms with Crippen LogP contribution in [0.5, 0.6) is 0 Å². The standard InChI is InChI=1S/C4H7O3.Na.H/c1-4(2,7)3(5)6;;/h7H,1H2,2H3,(H,5,6);;. The molecule has 0 aliphatic carbocycles. The van der Waals surface area contributed by atoms with Crippen molar-refractivity contribution in [2.45, 2.75) is 12.5 Å². The van der Waals surface area contributed by atoms with Crippen molar-refractivity contribution < 1.29 is 15.0 Å². The Kier molecular flexibility index (Phi) is 4.86. The average molecular weight is 127 g/mol. The normalized spacial score (nSPS) is 9.88. The Morgan fingerprint density at radius 3 is 1.88 bits per heavy atom.